The second-order valence-corrected chi connectivity index (χ2v) is 5.97. The molecule has 0 spiro atoms. The Morgan fingerprint density at radius 1 is 1.10 bits per heavy atom. The fraction of sp³-hybridized carbons (Fsp3) is 0.368. The van der Waals surface area contributed by atoms with Crippen LogP contribution in [0.3, 0.4) is 0 Å². The van der Waals surface area contributed by atoms with Crippen molar-refractivity contribution in [1.82, 2.24) is 4.90 Å². The van der Waals surface area contributed by atoms with E-state index in [4.69, 9.17) is 4.74 Å². The molecule has 1 fully saturated rings. The van der Waals surface area contributed by atoms with Crippen molar-refractivity contribution < 1.29 is 4.74 Å². The van der Waals surface area contributed by atoms with E-state index in [1.807, 2.05) is 6.07 Å². The van der Waals surface area contributed by atoms with Crippen molar-refractivity contribution in [2.45, 2.75) is 31.8 Å². The quantitative estimate of drug-likeness (QED) is 0.837. The third-order valence-electron chi connectivity index (χ3n) is 4.50. The molecular weight excluding hydrogens is 258 g/mol. The Bertz CT molecular complexity index is 581. The van der Waals surface area contributed by atoms with Gasteiger partial charge in [0, 0.05) is 19.1 Å². The van der Waals surface area contributed by atoms with Gasteiger partial charge in [-0.1, -0.05) is 42.5 Å². The van der Waals surface area contributed by atoms with Gasteiger partial charge in [-0.2, -0.15) is 0 Å². The normalized spacial score (nSPS) is 22.4. The van der Waals surface area contributed by atoms with Crippen molar-refractivity contribution in [2.24, 2.45) is 0 Å². The van der Waals surface area contributed by atoms with Crippen LogP contribution in [0.2, 0.25) is 0 Å². The minimum absolute atomic E-state index is 0.610. The van der Waals surface area contributed by atoms with Crippen LogP contribution in [0, 0.1) is 0 Å². The predicted molar refractivity (Wildman–Crippen MR) is 86.7 cm³/mol. The predicted octanol–water partition coefficient (Wildman–Crippen LogP) is 4.07. The zero-order valence-electron chi connectivity index (χ0n) is 12.8. The highest BCUT2D eigenvalue weighted by atomic mass is 16.5. The number of benzene rings is 2. The van der Waals surface area contributed by atoms with Gasteiger partial charge in [0.15, 0.2) is 0 Å². The van der Waals surface area contributed by atoms with Gasteiger partial charge in [-0.05, 0) is 42.5 Å². The van der Waals surface area contributed by atoms with Crippen LogP contribution in [-0.2, 0) is 6.54 Å². The zero-order chi connectivity index (χ0) is 14.7. The van der Waals surface area contributed by atoms with Crippen LogP contribution in [0.5, 0.6) is 5.75 Å². The summed E-state index contributed by atoms with van der Waals surface area (Å²) in [6.07, 6.45) is 1.22. The molecule has 0 aromatic heterocycles. The van der Waals surface area contributed by atoms with Gasteiger partial charge in [0.1, 0.15) is 5.75 Å². The van der Waals surface area contributed by atoms with E-state index in [0.717, 1.165) is 18.8 Å². The molecule has 21 heavy (non-hydrogen) atoms. The van der Waals surface area contributed by atoms with Crippen LogP contribution in [0.1, 0.15) is 30.4 Å². The summed E-state index contributed by atoms with van der Waals surface area (Å²) in [5.41, 5.74) is 2.80. The molecule has 0 N–H and O–H groups in total. The highest BCUT2D eigenvalue weighted by molar-refractivity contribution is 5.32. The highest BCUT2D eigenvalue weighted by Crippen LogP contribution is 2.33. The third kappa shape index (κ3) is 3.27. The number of hydrogen-bond donors (Lipinski definition) is 0. The Balaban J connectivity index is 1.70. The topological polar surface area (TPSA) is 12.5 Å². The molecular formula is C19H23NO. The lowest BCUT2D eigenvalue weighted by atomic mass is 9.96. The number of nitrogens with zero attached hydrogens (tertiary/aromatic N) is 1. The third-order valence-corrected chi connectivity index (χ3v) is 4.50. The zero-order valence-corrected chi connectivity index (χ0v) is 12.8. The lowest BCUT2D eigenvalue weighted by molar-refractivity contribution is 0.259. The molecule has 1 saturated heterocycles. The fourth-order valence-electron chi connectivity index (χ4n) is 3.27. The smallest absolute Gasteiger partial charge is 0.119 e. The molecule has 110 valence electrons. The molecule has 3 rings (SSSR count). The van der Waals surface area contributed by atoms with Crippen molar-refractivity contribution in [3.05, 3.63) is 65.7 Å². The van der Waals surface area contributed by atoms with Gasteiger partial charge < -0.3 is 4.74 Å². The fourth-order valence-corrected chi connectivity index (χ4v) is 3.27. The Hall–Kier alpha value is -1.80. The monoisotopic (exact) mass is 281 g/mol. The summed E-state index contributed by atoms with van der Waals surface area (Å²) in [5, 5.41) is 0. The van der Waals surface area contributed by atoms with Crippen molar-refractivity contribution in [3.63, 3.8) is 0 Å². The number of hydrogen-bond acceptors (Lipinski definition) is 2. The van der Waals surface area contributed by atoms with Gasteiger partial charge in [-0.25, -0.2) is 0 Å². The SMILES string of the molecule is COc1cccc([C@@H]2C[C@H](C)N(Cc3ccccc3)C2)c1. The van der Waals surface area contributed by atoms with Crippen LogP contribution >= 0.6 is 0 Å². The van der Waals surface area contributed by atoms with Crippen LogP contribution in [0.15, 0.2) is 54.6 Å². The van der Waals surface area contributed by atoms with E-state index in [-0.39, 0.29) is 0 Å². The number of methoxy groups -OCH3 is 1. The molecule has 2 aromatic carbocycles. The van der Waals surface area contributed by atoms with Crippen molar-refractivity contribution in [2.75, 3.05) is 13.7 Å². The summed E-state index contributed by atoms with van der Waals surface area (Å²) in [4.78, 5) is 2.58. The van der Waals surface area contributed by atoms with Gasteiger partial charge >= 0.3 is 0 Å². The van der Waals surface area contributed by atoms with E-state index >= 15 is 0 Å². The first-order valence-electron chi connectivity index (χ1n) is 7.68. The lowest BCUT2D eigenvalue weighted by Gasteiger charge is -2.21. The summed E-state index contributed by atoms with van der Waals surface area (Å²) in [5.74, 6) is 1.57. The first-order chi connectivity index (χ1) is 10.3. The van der Waals surface area contributed by atoms with Gasteiger partial charge in [0.2, 0.25) is 0 Å². The molecule has 0 amide bonds. The maximum Gasteiger partial charge on any atom is 0.119 e. The Morgan fingerprint density at radius 2 is 1.90 bits per heavy atom. The van der Waals surface area contributed by atoms with Gasteiger partial charge in [0.05, 0.1) is 7.11 Å². The number of rotatable bonds is 4. The van der Waals surface area contributed by atoms with Crippen molar-refractivity contribution in [3.8, 4) is 5.75 Å². The average molecular weight is 281 g/mol. The molecule has 1 aliphatic heterocycles. The molecule has 1 aliphatic rings. The minimum atomic E-state index is 0.610. The first-order valence-corrected chi connectivity index (χ1v) is 7.68. The summed E-state index contributed by atoms with van der Waals surface area (Å²) < 4.78 is 5.35. The lowest BCUT2D eigenvalue weighted by Crippen LogP contribution is -2.26. The Morgan fingerprint density at radius 3 is 2.67 bits per heavy atom. The second-order valence-electron chi connectivity index (χ2n) is 5.97. The van der Waals surface area contributed by atoms with Crippen LogP contribution in [-0.4, -0.2) is 24.6 Å². The minimum Gasteiger partial charge on any atom is -0.497 e. The van der Waals surface area contributed by atoms with Crippen LogP contribution < -0.4 is 4.74 Å². The van der Waals surface area contributed by atoms with Gasteiger partial charge in [-0.15, -0.1) is 0 Å². The number of likely N-dealkylation sites (tertiary alicyclic amines) is 1. The molecule has 2 aromatic rings. The molecule has 0 bridgehead atoms. The van der Waals surface area contributed by atoms with E-state index in [2.05, 4.69) is 60.4 Å². The van der Waals surface area contributed by atoms with Crippen molar-refractivity contribution in [1.29, 1.82) is 0 Å². The summed E-state index contributed by atoms with van der Waals surface area (Å²) >= 11 is 0. The number of ether oxygens (including phenoxy) is 1. The molecule has 2 heteroatoms. The van der Waals surface area contributed by atoms with E-state index < -0.39 is 0 Å². The molecule has 0 aliphatic carbocycles. The van der Waals surface area contributed by atoms with E-state index in [0.29, 0.717) is 12.0 Å². The summed E-state index contributed by atoms with van der Waals surface area (Å²) in [7, 11) is 1.73. The second kappa shape index (κ2) is 6.31. The van der Waals surface area contributed by atoms with Crippen LogP contribution in [0.4, 0.5) is 0 Å². The van der Waals surface area contributed by atoms with Gasteiger partial charge in [-0.3, -0.25) is 4.90 Å². The Labute approximate surface area is 127 Å². The summed E-state index contributed by atoms with van der Waals surface area (Å²) in [6.45, 7) is 4.51. The van der Waals surface area contributed by atoms with E-state index in [1.165, 1.54) is 17.5 Å². The Kier molecular flexibility index (Phi) is 4.26. The first kappa shape index (κ1) is 14.2. The standard InChI is InChI=1S/C19H23NO/c1-15-11-18(17-9-6-10-19(12-17)21-2)14-20(15)13-16-7-4-3-5-8-16/h3-10,12,15,18H,11,13-14H2,1-2H3/t15-,18+/m0/s1. The van der Waals surface area contributed by atoms with Crippen molar-refractivity contribution >= 4 is 0 Å². The van der Waals surface area contributed by atoms with Crippen LogP contribution in [0.25, 0.3) is 0 Å². The van der Waals surface area contributed by atoms with E-state index in [1.54, 1.807) is 7.11 Å². The largest absolute Gasteiger partial charge is 0.497 e. The molecule has 1 heterocycles. The maximum absolute atomic E-state index is 5.35. The maximum atomic E-state index is 5.35. The molecule has 2 nitrogen and oxygen atoms in total. The van der Waals surface area contributed by atoms with E-state index in [9.17, 15) is 0 Å². The molecule has 0 saturated carbocycles. The average Bonchev–Trinajstić information content (AvgIpc) is 2.89. The highest BCUT2D eigenvalue weighted by Gasteiger charge is 2.29. The summed E-state index contributed by atoms with van der Waals surface area (Å²) in [6, 6.07) is 19.9. The molecule has 2 atom stereocenters. The molecule has 0 radical (unpaired) electrons. The molecule has 0 unspecified atom stereocenters. The van der Waals surface area contributed by atoms with Gasteiger partial charge in [0.25, 0.3) is 0 Å².